The zero-order valence-corrected chi connectivity index (χ0v) is 20.1. The van der Waals surface area contributed by atoms with Crippen LogP contribution in [0.4, 0.5) is 11.4 Å². The van der Waals surface area contributed by atoms with E-state index in [4.69, 9.17) is 9.97 Å². The predicted molar refractivity (Wildman–Crippen MR) is 139 cm³/mol. The van der Waals surface area contributed by atoms with Gasteiger partial charge in [-0.25, -0.2) is 15.0 Å². The number of carbonyl (C=O) groups excluding carboxylic acids is 1. The summed E-state index contributed by atoms with van der Waals surface area (Å²) in [5.41, 5.74) is 6.90. The van der Waals surface area contributed by atoms with Crippen LogP contribution >= 0.6 is 0 Å². The van der Waals surface area contributed by atoms with Crippen LogP contribution in [0.1, 0.15) is 13.3 Å². The van der Waals surface area contributed by atoms with Crippen molar-refractivity contribution in [1.29, 1.82) is 0 Å². The van der Waals surface area contributed by atoms with Gasteiger partial charge in [0.15, 0.2) is 17.2 Å². The second-order valence-corrected chi connectivity index (χ2v) is 8.93. The van der Waals surface area contributed by atoms with Gasteiger partial charge in [-0.2, -0.15) is 5.10 Å². The van der Waals surface area contributed by atoms with Gasteiger partial charge in [-0.05, 0) is 31.3 Å². The number of piperazine rings is 1. The smallest absolute Gasteiger partial charge is 0.224 e. The molecular weight excluding hydrogens is 456 g/mol. The number of hydrogen-bond acceptors (Lipinski definition) is 8. The molecule has 0 bridgehead atoms. The van der Waals surface area contributed by atoms with Crippen LogP contribution in [0.3, 0.4) is 0 Å². The second kappa shape index (κ2) is 9.00. The van der Waals surface area contributed by atoms with Gasteiger partial charge in [0, 0.05) is 50.6 Å². The van der Waals surface area contributed by atoms with Gasteiger partial charge < -0.3 is 20.1 Å². The first kappa shape index (κ1) is 22.1. The molecule has 0 aromatic carbocycles. The summed E-state index contributed by atoms with van der Waals surface area (Å²) in [5.74, 6) is 0.543. The number of hydrogen-bond donors (Lipinski definition) is 3. The van der Waals surface area contributed by atoms with Crippen molar-refractivity contribution in [2.45, 2.75) is 13.3 Å². The zero-order valence-electron chi connectivity index (χ0n) is 20.1. The van der Waals surface area contributed by atoms with Crippen LogP contribution in [-0.2, 0) is 4.79 Å². The largest absolute Gasteiger partial charge is 0.367 e. The summed E-state index contributed by atoms with van der Waals surface area (Å²) in [6, 6.07) is 7.73. The molecule has 0 unspecified atom stereocenters. The highest BCUT2D eigenvalue weighted by atomic mass is 16.1. The van der Waals surface area contributed by atoms with Crippen LogP contribution < -0.4 is 10.2 Å². The van der Waals surface area contributed by atoms with Crippen molar-refractivity contribution in [3.05, 3.63) is 42.9 Å². The maximum atomic E-state index is 11.8. The first-order valence-electron chi connectivity index (χ1n) is 12.0. The Hall–Kier alpha value is -4.38. The third kappa shape index (κ3) is 4.03. The molecule has 1 saturated heterocycles. The molecular formula is C25H26N10O. The van der Waals surface area contributed by atoms with E-state index in [-0.39, 0.29) is 5.91 Å². The predicted octanol–water partition coefficient (Wildman–Crippen LogP) is 3.06. The molecule has 5 aromatic rings. The van der Waals surface area contributed by atoms with E-state index in [9.17, 15) is 4.79 Å². The Morgan fingerprint density at radius 1 is 1.11 bits per heavy atom. The number of anilines is 2. The average Bonchev–Trinajstić information content (AvgIpc) is 3.53. The molecule has 0 saturated carbocycles. The van der Waals surface area contributed by atoms with Crippen LogP contribution in [0.5, 0.6) is 0 Å². The van der Waals surface area contributed by atoms with Crippen LogP contribution in [0.25, 0.3) is 45.0 Å². The quantitative estimate of drug-likeness (QED) is 0.348. The summed E-state index contributed by atoms with van der Waals surface area (Å²) in [6.07, 6.45) is 5.55. The Labute approximate surface area is 207 Å². The van der Waals surface area contributed by atoms with Crippen LogP contribution in [0, 0.1) is 0 Å². The Kier molecular flexibility index (Phi) is 5.53. The number of likely N-dealkylation sites (N-methyl/N-ethyl adjacent to an activating group) is 1. The highest BCUT2D eigenvalue weighted by Gasteiger charge is 2.21. The van der Waals surface area contributed by atoms with Gasteiger partial charge in [-0.15, -0.1) is 0 Å². The molecule has 6 rings (SSSR count). The number of aromatic nitrogens is 7. The van der Waals surface area contributed by atoms with Crippen LogP contribution in [-0.4, -0.2) is 79.2 Å². The van der Waals surface area contributed by atoms with Gasteiger partial charge in [0.2, 0.25) is 5.91 Å². The van der Waals surface area contributed by atoms with E-state index in [0.717, 1.165) is 54.2 Å². The number of amides is 1. The van der Waals surface area contributed by atoms with Gasteiger partial charge >= 0.3 is 0 Å². The fourth-order valence-electron chi connectivity index (χ4n) is 4.44. The van der Waals surface area contributed by atoms with Gasteiger partial charge in [-0.3, -0.25) is 14.9 Å². The molecule has 6 heterocycles. The van der Waals surface area contributed by atoms with Crippen molar-refractivity contribution in [2.75, 3.05) is 43.4 Å². The van der Waals surface area contributed by atoms with Crippen molar-refractivity contribution in [3.63, 3.8) is 0 Å². The highest BCUT2D eigenvalue weighted by Crippen LogP contribution is 2.31. The first-order chi connectivity index (χ1) is 17.6. The molecule has 1 amide bonds. The molecule has 11 nitrogen and oxygen atoms in total. The Morgan fingerprint density at radius 3 is 2.81 bits per heavy atom. The number of H-pyrrole nitrogens is 2. The number of nitrogens with zero attached hydrogens (tertiary/aromatic N) is 7. The summed E-state index contributed by atoms with van der Waals surface area (Å²) in [5, 5.41) is 10.4. The van der Waals surface area contributed by atoms with E-state index in [0.29, 0.717) is 34.8 Å². The molecule has 0 radical (unpaired) electrons. The van der Waals surface area contributed by atoms with Gasteiger partial charge in [0.05, 0.1) is 28.8 Å². The zero-order chi connectivity index (χ0) is 24.6. The second-order valence-electron chi connectivity index (χ2n) is 8.93. The summed E-state index contributed by atoms with van der Waals surface area (Å²) in [4.78, 5) is 38.3. The normalized spacial score (nSPS) is 14.6. The van der Waals surface area contributed by atoms with Gasteiger partial charge in [0.25, 0.3) is 0 Å². The molecule has 11 heteroatoms. The minimum Gasteiger partial charge on any atom is -0.367 e. The third-order valence-corrected chi connectivity index (χ3v) is 6.48. The van der Waals surface area contributed by atoms with Gasteiger partial charge in [-0.1, -0.05) is 6.92 Å². The number of nitrogens with one attached hydrogen (secondary N) is 3. The number of carbonyl (C=O) groups is 1. The molecule has 3 N–H and O–H groups in total. The molecule has 1 aliphatic heterocycles. The molecule has 36 heavy (non-hydrogen) atoms. The first-order valence-corrected chi connectivity index (χ1v) is 12.0. The number of imidazole rings is 1. The van der Waals surface area contributed by atoms with E-state index in [2.05, 4.69) is 47.3 Å². The van der Waals surface area contributed by atoms with Crippen molar-refractivity contribution in [2.24, 2.45) is 0 Å². The van der Waals surface area contributed by atoms with Crippen molar-refractivity contribution < 1.29 is 4.79 Å². The number of fused-ring (bicyclic) bond motifs is 2. The van der Waals surface area contributed by atoms with E-state index in [1.165, 1.54) is 0 Å². The molecule has 0 atom stereocenters. The Morgan fingerprint density at radius 2 is 1.97 bits per heavy atom. The molecule has 182 valence electrons. The molecule has 1 fully saturated rings. The highest BCUT2D eigenvalue weighted by molar-refractivity contribution is 5.94. The lowest BCUT2D eigenvalue weighted by Crippen LogP contribution is -2.44. The minimum absolute atomic E-state index is 0.0658. The summed E-state index contributed by atoms with van der Waals surface area (Å²) in [6.45, 7) is 5.74. The molecule has 0 spiro atoms. The van der Waals surface area contributed by atoms with E-state index in [1.54, 1.807) is 18.6 Å². The molecule has 1 aliphatic rings. The average molecular weight is 483 g/mol. The van der Waals surface area contributed by atoms with E-state index < -0.39 is 0 Å². The Bertz CT molecular complexity index is 1560. The van der Waals surface area contributed by atoms with Crippen LogP contribution in [0.15, 0.2) is 42.9 Å². The minimum atomic E-state index is -0.0658. The van der Waals surface area contributed by atoms with Crippen molar-refractivity contribution in [3.8, 4) is 22.8 Å². The fourth-order valence-corrected chi connectivity index (χ4v) is 4.44. The van der Waals surface area contributed by atoms with Crippen LogP contribution in [0.2, 0.25) is 0 Å². The number of pyridine rings is 3. The summed E-state index contributed by atoms with van der Waals surface area (Å²) < 4.78 is 0. The Balaban J connectivity index is 1.38. The molecule has 5 aromatic heterocycles. The summed E-state index contributed by atoms with van der Waals surface area (Å²) in [7, 11) is 2.14. The summed E-state index contributed by atoms with van der Waals surface area (Å²) >= 11 is 0. The molecule has 0 aliphatic carbocycles. The van der Waals surface area contributed by atoms with E-state index >= 15 is 0 Å². The monoisotopic (exact) mass is 482 g/mol. The SMILES string of the molecule is CCC(=O)Nc1cncc(-c2ccc3[nH]nc(-c4nc5nccc(N6CCN(C)CC6)c5[nH]4)c3n2)c1. The van der Waals surface area contributed by atoms with E-state index in [1.807, 2.05) is 31.2 Å². The lowest BCUT2D eigenvalue weighted by molar-refractivity contribution is -0.115. The lowest BCUT2D eigenvalue weighted by Gasteiger charge is -2.34. The number of aromatic amines is 2. The maximum absolute atomic E-state index is 11.8. The van der Waals surface area contributed by atoms with Gasteiger partial charge in [0.1, 0.15) is 11.0 Å². The topological polar surface area (TPSA) is 132 Å². The van der Waals surface area contributed by atoms with Crippen molar-refractivity contribution >= 4 is 39.5 Å². The van der Waals surface area contributed by atoms with Crippen molar-refractivity contribution in [1.82, 2.24) is 40.0 Å². The standard InChI is InChI=1S/C25H26N10O/c1-3-20(36)28-16-12-15(13-26-14-16)17-4-5-18-21(29-17)23(33-32-18)25-30-22-19(6-7-27-24(22)31-25)35-10-8-34(2)9-11-35/h4-7,12-14H,3,8-11H2,1-2H3,(H,28,36)(H,32,33)(H,27,30,31). The third-order valence-electron chi connectivity index (χ3n) is 6.48. The fraction of sp³-hybridized carbons (Fsp3) is 0.280. The number of rotatable bonds is 5. The maximum Gasteiger partial charge on any atom is 0.224 e. The lowest BCUT2D eigenvalue weighted by atomic mass is 10.1.